The molecule has 0 fully saturated rings. The molecule has 0 amide bonds. The number of para-hydroxylation sites is 2. The summed E-state index contributed by atoms with van der Waals surface area (Å²) in [5.74, 6) is 0. The summed E-state index contributed by atoms with van der Waals surface area (Å²) in [6.45, 7) is 0. The molecule has 0 bridgehead atoms. The van der Waals surface area contributed by atoms with Crippen molar-refractivity contribution in [1.82, 2.24) is 0 Å². The van der Waals surface area contributed by atoms with Gasteiger partial charge in [0.1, 0.15) is 11.2 Å². The van der Waals surface area contributed by atoms with Crippen LogP contribution >= 0.6 is 11.3 Å². The average molecular weight is 834 g/mol. The lowest BCUT2D eigenvalue weighted by molar-refractivity contribution is 0.670. The van der Waals surface area contributed by atoms with Crippen molar-refractivity contribution in [1.29, 1.82) is 0 Å². The fourth-order valence-corrected chi connectivity index (χ4v) is 11.7. The number of hydrogen-bond donors (Lipinski definition) is 0. The van der Waals surface area contributed by atoms with Crippen LogP contribution in [0, 0.1) is 0 Å². The molecule has 2 aromatic heterocycles. The SMILES string of the molecule is c1ccc(C2(c3ccccc3)c3ccccc3-c3cc(N(c4ccc(-c5ccc6c(c5)sc5ccccc56)cc4)c4cccc(-c5cccc6c5oc5ccccc56)c4)ccc32)cc1. The van der Waals surface area contributed by atoms with E-state index in [1.807, 2.05) is 17.4 Å². The molecule has 1 aliphatic carbocycles. The number of anilines is 3. The third-order valence-electron chi connectivity index (χ3n) is 13.4. The van der Waals surface area contributed by atoms with Gasteiger partial charge in [-0.2, -0.15) is 0 Å². The first kappa shape index (κ1) is 36.7. The van der Waals surface area contributed by atoms with E-state index in [4.69, 9.17) is 4.42 Å². The number of thiophene rings is 1. The number of nitrogens with zero attached hydrogens (tertiary/aromatic N) is 1. The van der Waals surface area contributed by atoms with Gasteiger partial charge in [-0.3, -0.25) is 0 Å². The molecule has 0 saturated carbocycles. The maximum absolute atomic E-state index is 6.57. The molecule has 0 spiro atoms. The van der Waals surface area contributed by atoms with Gasteiger partial charge < -0.3 is 9.32 Å². The Labute approximate surface area is 375 Å². The standard InChI is InChI=1S/C61H39NOS/c1-3-16-43(17-4-1)61(44-18-5-2-6-19-44)55-26-10-7-21-49(55)54-39-47(34-36-56(54)61)62(45-32-29-40(30-33-45)41-31-35-52-51-23-9-12-28-58(51)64-59(52)38-41)46-20-13-15-42(37-46)48-24-14-25-53-50-22-8-11-27-57(50)63-60(48)53/h1-39H. The Morgan fingerprint density at radius 2 is 0.953 bits per heavy atom. The zero-order valence-electron chi connectivity index (χ0n) is 34.8. The van der Waals surface area contributed by atoms with Crippen molar-refractivity contribution < 1.29 is 4.42 Å². The Morgan fingerprint density at radius 3 is 1.78 bits per heavy atom. The molecule has 1 aliphatic rings. The normalized spacial score (nSPS) is 12.8. The summed E-state index contributed by atoms with van der Waals surface area (Å²) < 4.78 is 9.20. The van der Waals surface area contributed by atoms with Gasteiger partial charge in [-0.25, -0.2) is 0 Å². The molecule has 64 heavy (non-hydrogen) atoms. The second-order valence-electron chi connectivity index (χ2n) is 16.8. The zero-order valence-corrected chi connectivity index (χ0v) is 35.6. The summed E-state index contributed by atoms with van der Waals surface area (Å²) in [4.78, 5) is 2.41. The highest BCUT2D eigenvalue weighted by Gasteiger charge is 2.46. The first-order chi connectivity index (χ1) is 31.7. The van der Waals surface area contributed by atoms with Crippen LogP contribution in [0.2, 0.25) is 0 Å². The highest BCUT2D eigenvalue weighted by atomic mass is 32.1. The lowest BCUT2D eigenvalue weighted by Crippen LogP contribution is -2.28. The molecule has 0 aliphatic heterocycles. The fraction of sp³-hybridized carbons (Fsp3) is 0.0164. The highest BCUT2D eigenvalue weighted by molar-refractivity contribution is 7.25. The van der Waals surface area contributed by atoms with Crippen LogP contribution in [0.25, 0.3) is 75.5 Å². The van der Waals surface area contributed by atoms with E-state index in [2.05, 4.69) is 235 Å². The quantitative estimate of drug-likeness (QED) is 0.159. The topological polar surface area (TPSA) is 16.4 Å². The van der Waals surface area contributed by atoms with Crippen LogP contribution in [-0.4, -0.2) is 0 Å². The third-order valence-corrected chi connectivity index (χ3v) is 14.5. The first-order valence-electron chi connectivity index (χ1n) is 21.9. The number of fused-ring (bicyclic) bond motifs is 9. The van der Waals surface area contributed by atoms with Crippen LogP contribution in [0.15, 0.2) is 241 Å². The molecule has 3 heteroatoms. The van der Waals surface area contributed by atoms with Gasteiger partial charge in [-0.05, 0) is 105 Å². The van der Waals surface area contributed by atoms with Gasteiger partial charge >= 0.3 is 0 Å². The second kappa shape index (κ2) is 14.6. The predicted octanol–water partition coefficient (Wildman–Crippen LogP) is 17.1. The van der Waals surface area contributed by atoms with E-state index in [0.717, 1.165) is 50.1 Å². The minimum Gasteiger partial charge on any atom is -0.455 e. The molecule has 13 rings (SSSR count). The highest BCUT2D eigenvalue weighted by Crippen LogP contribution is 2.57. The maximum Gasteiger partial charge on any atom is 0.143 e. The maximum atomic E-state index is 6.57. The third kappa shape index (κ3) is 5.58. The van der Waals surface area contributed by atoms with Crippen molar-refractivity contribution in [2.75, 3.05) is 4.90 Å². The van der Waals surface area contributed by atoms with Crippen molar-refractivity contribution in [2.24, 2.45) is 0 Å². The van der Waals surface area contributed by atoms with E-state index in [0.29, 0.717) is 0 Å². The van der Waals surface area contributed by atoms with E-state index in [-0.39, 0.29) is 0 Å². The van der Waals surface area contributed by atoms with Crippen LogP contribution < -0.4 is 4.90 Å². The lowest BCUT2D eigenvalue weighted by atomic mass is 9.68. The Hall–Kier alpha value is -7.98. The number of rotatable bonds is 7. The number of furan rings is 1. The van der Waals surface area contributed by atoms with Crippen LogP contribution in [0.1, 0.15) is 22.3 Å². The zero-order chi connectivity index (χ0) is 42.2. The Morgan fingerprint density at radius 1 is 0.344 bits per heavy atom. The van der Waals surface area contributed by atoms with E-state index >= 15 is 0 Å². The van der Waals surface area contributed by atoms with Crippen molar-refractivity contribution in [3.63, 3.8) is 0 Å². The second-order valence-corrected chi connectivity index (χ2v) is 17.9. The van der Waals surface area contributed by atoms with E-state index < -0.39 is 5.41 Å². The molecule has 10 aromatic carbocycles. The van der Waals surface area contributed by atoms with E-state index in [9.17, 15) is 0 Å². The molecule has 0 N–H and O–H groups in total. The van der Waals surface area contributed by atoms with Gasteiger partial charge in [0.2, 0.25) is 0 Å². The smallest absolute Gasteiger partial charge is 0.143 e. The lowest BCUT2D eigenvalue weighted by Gasteiger charge is -2.34. The van der Waals surface area contributed by atoms with Crippen molar-refractivity contribution in [3.8, 4) is 33.4 Å². The minimum atomic E-state index is -0.472. The van der Waals surface area contributed by atoms with Crippen LogP contribution in [0.3, 0.4) is 0 Å². The van der Waals surface area contributed by atoms with E-state index in [1.165, 1.54) is 64.7 Å². The summed E-state index contributed by atoms with van der Waals surface area (Å²) in [7, 11) is 0. The fourth-order valence-electron chi connectivity index (χ4n) is 10.5. The summed E-state index contributed by atoms with van der Waals surface area (Å²) in [6.07, 6.45) is 0. The molecule has 0 saturated heterocycles. The van der Waals surface area contributed by atoms with Gasteiger partial charge in [0, 0.05) is 53.6 Å². The molecule has 12 aromatic rings. The summed E-state index contributed by atoms with van der Waals surface area (Å²) in [5.41, 5.74) is 16.7. The summed E-state index contributed by atoms with van der Waals surface area (Å²) in [6, 6.07) is 86.5. The molecule has 0 atom stereocenters. The molecule has 0 radical (unpaired) electrons. The van der Waals surface area contributed by atoms with Gasteiger partial charge in [-0.1, -0.05) is 182 Å². The molecule has 0 unspecified atom stereocenters. The van der Waals surface area contributed by atoms with Crippen molar-refractivity contribution in [3.05, 3.63) is 259 Å². The predicted molar refractivity (Wildman–Crippen MR) is 269 cm³/mol. The Balaban J connectivity index is 0.991. The molecular weight excluding hydrogens is 795 g/mol. The molecule has 2 heterocycles. The summed E-state index contributed by atoms with van der Waals surface area (Å²) in [5, 5.41) is 4.88. The van der Waals surface area contributed by atoms with Gasteiger partial charge in [0.25, 0.3) is 0 Å². The molecule has 300 valence electrons. The molecular formula is C61H39NOS. The van der Waals surface area contributed by atoms with E-state index in [1.54, 1.807) is 0 Å². The van der Waals surface area contributed by atoms with Crippen molar-refractivity contribution >= 4 is 70.5 Å². The molecule has 2 nitrogen and oxygen atoms in total. The monoisotopic (exact) mass is 833 g/mol. The number of hydrogen-bond acceptors (Lipinski definition) is 3. The van der Waals surface area contributed by atoms with Gasteiger partial charge in [0.05, 0.1) is 5.41 Å². The van der Waals surface area contributed by atoms with Crippen LogP contribution in [0.4, 0.5) is 17.1 Å². The van der Waals surface area contributed by atoms with Gasteiger partial charge in [0.15, 0.2) is 0 Å². The first-order valence-corrected chi connectivity index (χ1v) is 22.7. The Kier molecular flexibility index (Phi) is 8.34. The van der Waals surface area contributed by atoms with Crippen LogP contribution in [0.5, 0.6) is 0 Å². The average Bonchev–Trinajstić information content (AvgIpc) is 4.03. The van der Waals surface area contributed by atoms with Crippen molar-refractivity contribution in [2.45, 2.75) is 5.41 Å². The van der Waals surface area contributed by atoms with Crippen LogP contribution in [-0.2, 0) is 5.41 Å². The van der Waals surface area contributed by atoms with Gasteiger partial charge in [-0.15, -0.1) is 11.3 Å². The summed E-state index contributed by atoms with van der Waals surface area (Å²) >= 11 is 1.86. The number of benzene rings is 10. The largest absolute Gasteiger partial charge is 0.455 e. The minimum absolute atomic E-state index is 0.472. The Bertz CT molecular complexity index is 3690.